The largest absolute Gasteiger partial charge is 0.445 e. The van der Waals surface area contributed by atoms with Gasteiger partial charge in [0.05, 0.1) is 25.9 Å². The van der Waals surface area contributed by atoms with Crippen LogP contribution < -0.4 is 16.4 Å². The SMILES string of the molecule is COCCOCCNC(=O)C(N)CCCCNC(=O)OCc1ccccc1. The smallest absolute Gasteiger partial charge is 0.407 e. The van der Waals surface area contributed by atoms with Crippen LogP contribution in [0.2, 0.25) is 0 Å². The highest BCUT2D eigenvalue weighted by atomic mass is 16.5. The molecule has 1 rings (SSSR count). The molecule has 0 bridgehead atoms. The molecule has 1 aromatic carbocycles. The Morgan fingerprint density at radius 1 is 1.04 bits per heavy atom. The van der Waals surface area contributed by atoms with Gasteiger partial charge in [0.25, 0.3) is 0 Å². The van der Waals surface area contributed by atoms with Crippen molar-refractivity contribution in [1.82, 2.24) is 10.6 Å². The Kier molecular flexibility index (Phi) is 12.7. The van der Waals surface area contributed by atoms with Gasteiger partial charge in [-0.3, -0.25) is 4.79 Å². The Balaban J connectivity index is 1.98. The van der Waals surface area contributed by atoms with Crippen molar-refractivity contribution in [1.29, 1.82) is 0 Å². The minimum atomic E-state index is -0.561. The van der Waals surface area contributed by atoms with Crippen LogP contribution in [-0.2, 0) is 25.6 Å². The van der Waals surface area contributed by atoms with Gasteiger partial charge in [-0.15, -0.1) is 0 Å². The zero-order valence-electron chi connectivity index (χ0n) is 15.9. The second kappa shape index (κ2) is 15.0. The van der Waals surface area contributed by atoms with Gasteiger partial charge >= 0.3 is 6.09 Å². The van der Waals surface area contributed by atoms with Crippen molar-refractivity contribution in [3.8, 4) is 0 Å². The molecular formula is C19H31N3O5. The molecule has 0 saturated heterocycles. The Labute approximate surface area is 160 Å². The minimum Gasteiger partial charge on any atom is -0.445 e. The summed E-state index contributed by atoms with van der Waals surface area (Å²) in [5, 5.41) is 5.42. The van der Waals surface area contributed by atoms with E-state index in [1.807, 2.05) is 30.3 Å². The summed E-state index contributed by atoms with van der Waals surface area (Å²) in [6.45, 7) is 2.60. The Morgan fingerprint density at radius 3 is 2.56 bits per heavy atom. The molecule has 4 N–H and O–H groups in total. The van der Waals surface area contributed by atoms with E-state index >= 15 is 0 Å². The first kappa shape index (κ1) is 22.9. The van der Waals surface area contributed by atoms with Crippen LogP contribution in [0.5, 0.6) is 0 Å². The Morgan fingerprint density at radius 2 is 1.81 bits per heavy atom. The lowest BCUT2D eigenvalue weighted by Crippen LogP contribution is -2.41. The summed E-state index contributed by atoms with van der Waals surface area (Å²) in [6.07, 6.45) is 1.56. The Hall–Kier alpha value is -2.16. The predicted octanol–water partition coefficient (Wildman–Crippen LogP) is 1.19. The van der Waals surface area contributed by atoms with Crippen LogP contribution in [0.4, 0.5) is 4.79 Å². The fraction of sp³-hybridized carbons (Fsp3) is 0.579. The van der Waals surface area contributed by atoms with E-state index in [-0.39, 0.29) is 12.5 Å². The molecule has 0 spiro atoms. The van der Waals surface area contributed by atoms with Gasteiger partial charge < -0.3 is 30.6 Å². The van der Waals surface area contributed by atoms with Crippen molar-refractivity contribution in [3.05, 3.63) is 35.9 Å². The third kappa shape index (κ3) is 12.0. The molecule has 0 fully saturated rings. The lowest BCUT2D eigenvalue weighted by Gasteiger charge is -2.12. The first-order chi connectivity index (χ1) is 13.1. The number of hydrogen-bond donors (Lipinski definition) is 3. The summed E-state index contributed by atoms with van der Waals surface area (Å²) in [5.41, 5.74) is 6.79. The zero-order chi connectivity index (χ0) is 19.7. The van der Waals surface area contributed by atoms with E-state index in [1.54, 1.807) is 7.11 Å². The number of carbonyl (C=O) groups is 2. The van der Waals surface area contributed by atoms with Crippen LogP contribution in [0.3, 0.4) is 0 Å². The van der Waals surface area contributed by atoms with E-state index in [2.05, 4.69) is 10.6 Å². The molecule has 0 aliphatic rings. The lowest BCUT2D eigenvalue weighted by atomic mass is 10.1. The van der Waals surface area contributed by atoms with Gasteiger partial charge in [0, 0.05) is 20.2 Å². The van der Waals surface area contributed by atoms with E-state index in [9.17, 15) is 9.59 Å². The molecule has 0 aromatic heterocycles. The zero-order valence-corrected chi connectivity index (χ0v) is 15.9. The van der Waals surface area contributed by atoms with Crippen molar-refractivity contribution >= 4 is 12.0 Å². The first-order valence-electron chi connectivity index (χ1n) is 9.18. The molecule has 152 valence electrons. The van der Waals surface area contributed by atoms with Crippen LogP contribution in [0.15, 0.2) is 30.3 Å². The van der Waals surface area contributed by atoms with E-state index in [0.29, 0.717) is 39.3 Å². The molecular weight excluding hydrogens is 350 g/mol. The number of rotatable bonds is 14. The summed E-state index contributed by atoms with van der Waals surface area (Å²) < 4.78 is 15.2. The highest BCUT2D eigenvalue weighted by Crippen LogP contribution is 2.01. The molecule has 1 aromatic rings. The van der Waals surface area contributed by atoms with Gasteiger partial charge in [-0.2, -0.15) is 0 Å². The molecule has 1 atom stereocenters. The van der Waals surface area contributed by atoms with Gasteiger partial charge in [-0.25, -0.2) is 4.79 Å². The van der Waals surface area contributed by atoms with Crippen LogP contribution in [0.25, 0.3) is 0 Å². The topological polar surface area (TPSA) is 112 Å². The van der Waals surface area contributed by atoms with Gasteiger partial charge in [-0.1, -0.05) is 30.3 Å². The fourth-order valence-electron chi connectivity index (χ4n) is 2.21. The number of amides is 2. The number of nitrogens with one attached hydrogen (secondary N) is 2. The number of hydrogen-bond acceptors (Lipinski definition) is 6. The summed E-state index contributed by atoms with van der Waals surface area (Å²) in [4.78, 5) is 23.4. The van der Waals surface area contributed by atoms with E-state index in [0.717, 1.165) is 18.4 Å². The average molecular weight is 381 g/mol. The minimum absolute atomic E-state index is 0.194. The Bertz CT molecular complexity index is 527. The molecule has 0 saturated carbocycles. The van der Waals surface area contributed by atoms with E-state index < -0.39 is 12.1 Å². The van der Waals surface area contributed by atoms with Gasteiger partial charge in [0.1, 0.15) is 6.61 Å². The summed E-state index contributed by atoms with van der Waals surface area (Å²) in [6, 6.07) is 8.92. The highest BCUT2D eigenvalue weighted by molar-refractivity contribution is 5.81. The van der Waals surface area contributed by atoms with Gasteiger partial charge in [0.15, 0.2) is 0 Å². The summed E-state index contributed by atoms with van der Waals surface area (Å²) in [7, 11) is 1.60. The molecule has 0 aliphatic carbocycles. The average Bonchev–Trinajstić information content (AvgIpc) is 2.69. The van der Waals surface area contributed by atoms with Crippen molar-refractivity contribution in [2.24, 2.45) is 5.73 Å². The summed E-state index contributed by atoms with van der Waals surface area (Å²) in [5.74, 6) is -0.194. The molecule has 1 unspecified atom stereocenters. The number of alkyl carbamates (subject to hydrolysis) is 1. The maximum Gasteiger partial charge on any atom is 0.407 e. The van der Waals surface area contributed by atoms with Crippen molar-refractivity contribution in [2.45, 2.75) is 31.9 Å². The molecule has 8 nitrogen and oxygen atoms in total. The maximum absolute atomic E-state index is 11.8. The normalized spacial score (nSPS) is 11.6. The van der Waals surface area contributed by atoms with Crippen LogP contribution >= 0.6 is 0 Å². The third-order valence-electron chi connectivity index (χ3n) is 3.74. The monoisotopic (exact) mass is 381 g/mol. The fourth-order valence-corrected chi connectivity index (χ4v) is 2.21. The van der Waals surface area contributed by atoms with E-state index in [1.165, 1.54) is 0 Å². The standard InChI is InChI=1S/C19H31N3O5/c1-25-13-14-26-12-11-21-18(23)17(20)9-5-6-10-22-19(24)27-15-16-7-3-2-4-8-16/h2-4,7-8,17H,5-6,9-15,20H2,1H3,(H,21,23)(H,22,24). The molecule has 0 heterocycles. The molecule has 27 heavy (non-hydrogen) atoms. The lowest BCUT2D eigenvalue weighted by molar-refractivity contribution is -0.122. The number of nitrogens with two attached hydrogens (primary N) is 1. The predicted molar refractivity (Wildman–Crippen MR) is 102 cm³/mol. The molecule has 0 radical (unpaired) electrons. The number of carbonyl (C=O) groups excluding carboxylic acids is 2. The number of ether oxygens (including phenoxy) is 3. The molecule has 8 heteroatoms. The summed E-state index contributed by atoms with van der Waals surface area (Å²) >= 11 is 0. The number of methoxy groups -OCH3 is 1. The van der Waals surface area contributed by atoms with Crippen molar-refractivity contribution < 1.29 is 23.8 Å². The van der Waals surface area contributed by atoms with E-state index in [4.69, 9.17) is 19.9 Å². The second-order valence-corrected chi connectivity index (χ2v) is 5.99. The van der Waals surface area contributed by atoms with Crippen molar-refractivity contribution in [2.75, 3.05) is 40.0 Å². The van der Waals surface area contributed by atoms with Gasteiger partial charge in [-0.05, 0) is 24.8 Å². The highest BCUT2D eigenvalue weighted by Gasteiger charge is 2.12. The maximum atomic E-state index is 11.8. The quantitative estimate of drug-likeness (QED) is 0.417. The molecule has 0 aliphatic heterocycles. The molecule has 2 amide bonds. The van der Waals surface area contributed by atoms with Crippen LogP contribution in [0, 0.1) is 0 Å². The third-order valence-corrected chi connectivity index (χ3v) is 3.74. The van der Waals surface area contributed by atoms with Crippen LogP contribution in [0.1, 0.15) is 24.8 Å². The van der Waals surface area contributed by atoms with Gasteiger partial charge in [0.2, 0.25) is 5.91 Å². The van der Waals surface area contributed by atoms with Crippen molar-refractivity contribution in [3.63, 3.8) is 0 Å². The number of benzene rings is 1. The first-order valence-corrected chi connectivity index (χ1v) is 9.18. The second-order valence-electron chi connectivity index (χ2n) is 5.99. The number of unbranched alkanes of at least 4 members (excludes halogenated alkanes) is 1. The van der Waals surface area contributed by atoms with Crippen LogP contribution in [-0.4, -0.2) is 58.1 Å².